The van der Waals surface area contributed by atoms with Crippen LogP contribution in [-0.4, -0.2) is 17.3 Å². The molecule has 0 saturated carbocycles. The zero-order chi connectivity index (χ0) is 10.6. The van der Waals surface area contributed by atoms with E-state index in [1.54, 1.807) is 32.0 Å². The molecule has 4 nitrogen and oxygen atoms in total. The number of para-hydroxylation sites is 2. The molecule has 0 unspecified atom stereocenters. The number of phenols is 1. The van der Waals surface area contributed by atoms with E-state index in [0.717, 1.165) is 0 Å². The van der Waals surface area contributed by atoms with Crippen LogP contribution in [0.3, 0.4) is 0 Å². The lowest BCUT2D eigenvalue weighted by atomic mass is 10.3. The standard InChI is InChI=1S/C10H13NO3/c1-7(2)14-10(13)11-8-5-3-4-6-9(8)12/h3-7,12H,1-2H3,(H,11,13). The van der Waals surface area contributed by atoms with Crippen molar-refractivity contribution < 1.29 is 14.6 Å². The normalized spacial score (nSPS) is 9.93. The van der Waals surface area contributed by atoms with Crippen LogP contribution in [0.2, 0.25) is 0 Å². The number of nitrogens with one attached hydrogen (secondary N) is 1. The first kappa shape index (κ1) is 10.4. The van der Waals surface area contributed by atoms with Gasteiger partial charge in [-0.1, -0.05) is 12.1 Å². The molecule has 0 aliphatic rings. The largest absolute Gasteiger partial charge is 0.506 e. The van der Waals surface area contributed by atoms with E-state index in [-0.39, 0.29) is 11.9 Å². The Labute approximate surface area is 82.5 Å². The molecule has 1 aromatic rings. The number of benzene rings is 1. The summed E-state index contributed by atoms with van der Waals surface area (Å²) >= 11 is 0. The first-order valence-corrected chi connectivity index (χ1v) is 4.35. The van der Waals surface area contributed by atoms with Gasteiger partial charge in [-0.05, 0) is 26.0 Å². The molecule has 2 N–H and O–H groups in total. The lowest BCUT2D eigenvalue weighted by molar-refractivity contribution is 0.130. The van der Waals surface area contributed by atoms with Gasteiger partial charge in [0.05, 0.1) is 11.8 Å². The van der Waals surface area contributed by atoms with Crippen molar-refractivity contribution in [1.29, 1.82) is 0 Å². The Balaban J connectivity index is 2.61. The van der Waals surface area contributed by atoms with Gasteiger partial charge < -0.3 is 9.84 Å². The van der Waals surface area contributed by atoms with E-state index in [4.69, 9.17) is 4.74 Å². The summed E-state index contributed by atoms with van der Waals surface area (Å²) < 4.78 is 4.85. The Hall–Kier alpha value is -1.71. The van der Waals surface area contributed by atoms with Crippen LogP contribution in [0.15, 0.2) is 24.3 Å². The second-order valence-corrected chi connectivity index (χ2v) is 3.10. The molecule has 1 rings (SSSR count). The molecule has 0 aliphatic heterocycles. The molecular weight excluding hydrogens is 182 g/mol. The summed E-state index contributed by atoms with van der Waals surface area (Å²) in [6.45, 7) is 3.51. The van der Waals surface area contributed by atoms with Crippen molar-refractivity contribution in [3.8, 4) is 5.75 Å². The summed E-state index contributed by atoms with van der Waals surface area (Å²) in [6, 6.07) is 6.47. The minimum Gasteiger partial charge on any atom is -0.506 e. The number of carbonyl (C=O) groups excluding carboxylic acids is 1. The summed E-state index contributed by atoms with van der Waals surface area (Å²) in [5.41, 5.74) is 0.346. The molecule has 0 heterocycles. The molecule has 0 atom stereocenters. The van der Waals surface area contributed by atoms with Crippen molar-refractivity contribution in [3.05, 3.63) is 24.3 Å². The van der Waals surface area contributed by atoms with Crippen molar-refractivity contribution in [1.82, 2.24) is 0 Å². The first-order valence-electron chi connectivity index (χ1n) is 4.35. The minimum absolute atomic E-state index is 0.0215. The van der Waals surface area contributed by atoms with E-state index >= 15 is 0 Å². The number of amides is 1. The quantitative estimate of drug-likeness (QED) is 0.712. The molecular formula is C10H13NO3. The van der Waals surface area contributed by atoms with Gasteiger partial charge in [0.2, 0.25) is 0 Å². The van der Waals surface area contributed by atoms with Gasteiger partial charge in [0.15, 0.2) is 0 Å². The third kappa shape index (κ3) is 2.97. The zero-order valence-electron chi connectivity index (χ0n) is 8.15. The van der Waals surface area contributed by atoms with Gasteiger partial charge in [-0.2, -0.15) is 0 Å². The van der Waals surface area contributed by atoms with E-state index < -0.39 is 6.09 Å². The van der Waals surface area contributed by atoms with Crippen molar-refractivity contribution in [2.45, 2.75) is 20.0 Å². The Kier molecular flexibility index (Phi) is 3.34. The van der Waals surface area contributed by atoms with Crippen LogP contribution in [0.4, 0.5) is 10.5 Å². The van der Waals surface area contributed by atoms with Gasteiger partial charge in [0, 0.05) is 0 Å². The molecule has 0 saturated heterocycles. The lowest BCUT2D eigenvalue weighted by Gasteiger charge is -2.10. The van der Waals surface area contributed by atoms with Crippen molar-refractivity contribution in [3.63, 3.8) is 0 Å². The third-order valence-corrected chi connectivity index (χ3v) is 1.48. The van der Waals surface area contributed by atoms with E-state index in [9.17, 15) is 9.90 Å². The average molecular weight is 195 g/mol. The van der Waals surface area contributed by atoms with Gasteiger partial charge in [0.25, 0.3) is 0 Å². The summed E-state index contributed by atoms with van der Waals surface area (Å²) in [7, 11) is 0. The molecule has 0 bridgehead atoms. The Morgan fingerprint density at radius 3 is 2.64 bits per heavy atom. The molecule has 0 radical (unpaired) electrons. The second-order valence-electron chi connectivity index (χ2n) is 3.10. The SMILES string of the molecule is CC(C)OC(=O)Nc1ccccc1O. The van der Waals surface area contributed by atoms with E-state index in [2.05, 4.69) is 5.32 Å². The average Bonchev–Trinajstić information content (AvgIpc) is 2.07. The highest BCUT2D eigenvalue weighted by atomic mass is 16.6. The molecule has 14 heavy (non-hydrogen) atoms. The van der Waals surface area contributed by atoms with Gasteiger partial charge >= 0.3 is 6.09 Å². The first-order chi connectivity index (χ1) is 6.59. The number of hydrogen-bond acceptors (Lipinski definition) is 3. The molecule has 1 amide bonds. The van der Waals surface area contributed by atoms with Gasteiger partial charge in [0.1, 0.15) is 5.75 Å². The smallest absolute Gasteiger partial charge is 0.411 e. The van der Waals surface area contributed by atoms with Crippen LogP contribution in [-0.2, 0) is 4.74 Å². The molecule has 1 aromatic carbocycles. The predicted octanol–water partition coefficient (Wildman–Crippen LogP) is 2.35. The predicted molar refractivity (Wildman–Crippen MR) is 53.3 cm³/mol. The van der Waals surface area contributed by atoms with Gasteiger partial charge in [-0.3, -0.25) is 5.32 Å². The van der Waals surface area contributed by atoms with Crippen LogP contribution < -0.4 is 5.32 Å². The maximum Gasteiger partial charge on any atom is 0.411 e. The Morgan fingerprint density at radius 2 is 2.07 bits per heavy atom. The Morgan fingerprint density at radius 1 is 1.43 bits per heavy atom. The summed E-state index contributed by atoms with van der Waals surface area (Å²) in [5, 5.41) is 11.8. The van der Waals surface area contributed by atoms with E-state index in [1.807, 2.05) is 0 Å². The number of hydrogen-bond donors (Lipinski definition) is 2. The number of ether oxygens (including phenoxy) is 1. The monoisotopic (exact) mass is 195 g/mol. The highest BCUT2D eigenvalue weighted by molar-refractivity contribution is 5.86. The third-order valence-electron chi connectivity index (χ3n) is 1.48. The van der Waals surface area contributed by atoms with Crippen LogP contribution in [0.5, 0.6) is 5.75 Å². The van der Waals surface area contributed by atoms with Crippen molar-refractivity contribution in [2.75, 3.05) is 5.32 Å². The topological polar surface area (TPSA) is 58.6 Å². The maximum atomic E-state index is 11.1. The zero-order valence-corrected chi connectivity index (χ0v) is 8.15. The maximum absolute atomic E-state index is 11.1. The van der Waals surface area contributed by atoms with Crippen molar-refractivity contribution >= 4 is 11.8 Å². The number of aromatic hydroxyl groups is 1. The number of rotatable bonds is 2. The van der Waals surface area contributed by atoms with Crippen molar-refractivity contribution in [2.24, 2.45) is 0 Å². The molecule has 0 spiro atoms. The highest BCUT2D eigenvalue weighted by Gasteiger charge is 2.07. The van der Waals surface area contributed by atoms with Crippen LogP contribution in [0.25, 0.3) is 0 Å². The van der Waals surface area contributed by atoms with Gasteiger partial charge in [-0.15, -0.1) is 0 Å². The lowest BCUT2D eigenvalue weighted by Crippen LogP contribution is -2.17. The number of anilines is 1. The minimum atomic E-state index is -0.568. The van der Waals surface area contributed by atoms with Crippen LogP contribution >= 0.6 is 0 Å². The summed E-state index contributed by atoms with van der Waals surface area (Å²) in [5.74, 6) is 0.0215. The Bertz CT molecular complexity index is 323. The summed E-state index contributed by atoms with van der Waals surface area (Å²) in [4.78, 5) is 11.1. The molecule has 0 aliphatic carbocycles. The van der Waals surface area contributed by atoms with Crippen LogP contribution in [0.1, 0.15) is 13.8 Å². The number of carbonyl (C=O) groups is 1. The molecule has 76 valence electrons. The fourth-order valence-corrected chi connectivity index (χ4v) is 0.933. The highest BCUT2D eigenvalue weighted by Crippen LogP contribution is 2.21. The summed E-state index contributed by atoms with van der Waals surface area (Å²) in [6.07, 6.45) is -0.748. The van der Waals surface area contributed by atoms with Crippen LogP contribution in [0, 0.1) is 0 Å². The number of phenolic OH excluding ortho intramolecular Hbond substituents is 1. The van der Waals surface area contributed by atoms with E-state index in [0.29, 0.717) is 5.69 Å². The second kappa shape index (κ2) is 4.50. The molecule has 4 heteroatoms. The fraction of sp³-hybridized carbons (Fsp3) is 0.300. The molecule has 0 fully saturated rings. The molecule has 0 aromatic heterocycles. The fourth-order valence-electron chi connectivity index (χ4n) is 0.933. The van der Waals surface area contributed by atoms with E-state index in [1.165, 1.54) is 6.07 Å². The van der Waals surface area contributed by atoms with Gasteiger partial charge in [-0.25, -0.2) is 4.79 Å².